The molecule has 1 saturated heterocycles. The van der Waals surface area contributed by atoms with Crippen molar-refractivity contribution in [3.8, 4) is 0 Å². The first kappa shape index (κ1) is 10.5. The Morgan fingerprint density at radius 1 is 1.57 bits per heavy atom. The van der Waals surface area contributed by atoms with Crippen molar-refractivity contribution in [2.24, 2.45) is 11.5 Å². The highest BCUT2D eigenvalue weighted by molar-refractivity contribution is 6.05. The van der Waals surface area contributed by atoms with Gasteiger partial charge in [0.25, 0.3) is 0 Å². The Morgan fingerprint density at radius 3 is 2.64 bits per heavy atom. The highest BCUT2D eigenvalue weighted by Crippen LogP contribution is 2.09. The molecule has 7 nitrogen and oxygen atoms in total. The Bertz CT molecular complexity index is 278. The molecule has 14 heavy (non-hydrogen) atoms. The Morgan fingerprint density at radius 2 is 2.21 bits per heavy atom. The van der Waals surface area contributed by atoms with Crippen LogP contribution < -0.4 is 16.8 Å². The number of likely N-dealkylation sites (tertiary alicyclic amines) is 1. The SMILES string of the molecule is NC(=O)NCCN1C(=O)CC(N)C1=O. The van der Waals surface area contributed by atoms with Crippen LogP contribution in [0, 0.1) is 0 Å². The highest BCUT2D eigenvalue weighted by Gasteiger charge is 2.35. The van der Waals surface area contributed by atoms with Crippen molar-refractivity contribution in [1.29, 1.82) is 0 Å². The monoisotopic (exact) mass is 200 g/mol. The Labute approximate surface area is 80.4 Å². The minimum absolute atomic E-state index is 0.0371. The second-order valence-corrected chi connectivity index (χ2v) is 2.99. The van der Waals surface area contributed by atoms with E-state index in [0.717, 1.165) is 4.90 Å². The predicted molar refractivity (Wildman–Crippen MR) is 46.9 cm³/mol. The van der Waals surface area contributed by atoms with Gasteiger partial charge in [0.1, 0.15) is 0 Å². The molecule has 7 heteroatoms. The molecule has 0 aromatic rings. The lowest BCUT2D eigenvalue weighted by Gasteiger charge is -2.13. The highest BCUT2D eigenvalue weighted by atomic mass is 16.2. The molecule has 1 aliphatic heterocycles. The average molecular weight is 200 g/mol. The number of carbonyl (C=O) groups is 3. The summed E-state index contributed by atoms with van der Waals surface area (Å²) in [4.78, 5) is 33.7. The summed E-state index contributed by atoms with van der Waals surface area (Å²) in [6.45, 7) is 0.272. The molecule has 1 fully saturated rings. The summed E-state index contributed by atoms with van der Waals surface area (Å²) < 4.78 is 0. The van der Waals surface area contributed by atoms with Crippen LogP contribution in [0.3, 0.4) is 0 Å². The van der Waals surface area contributed by atoms with Crippen LogP contribution in [0.1, 0.15) is 6.42 Å². The molecule has 78 valence electrons. The zero-order valence-electron chi connectivity index (χ0n) is 7.53. The maximum Gasteiger partial charge on any atom is 0.312 e. The lowest BCUT2D eigenvalue weighted by atomic mass is 10.3. The molecule has 0 aliphatic carbocycles. The number of nitrogens with zero attached hydrogens (tertiary/aromatic N) is 1. The van der Waals surface area contributed by atoms with Crippen LogP contribution in [0.15, 0.2) is 0 Å². The first-order valence-corrected chi connectivity index (χ1v) is 4.15. The van der Waals surface area contributed by atoms with Crippen LogP contribution in [0.5, 0.6) is 0 Å². The molecule has 0 aromatic carbocycles. The molecule has 1 rings (SSSR count). The van der Waals surface area contributed by atoms with Crippen molar-refractivity contribution in [3.05, 3.63) is 0 Å². The first-order chi connectivity index (χ1) is 6.52. The minimum Gasteiger partial charge on any atom is -0.352 e. The first-order valence-electron chi connectivity index (χ1n) is 4.15. The van der Waals surface area contributed by atoms with Crippen LogP contribution in [0.25, 0.3) is 0 Å². The molecule has 0 radical (unpaired) electrons. The van der Waals surface area contributed by atoms with Crippen molar-refractivity contribution < 1.29 is 14.4 Å². The summed E-state index contributed by atoms with van der Waals surface area (Å²) in [6.07, 6.45) is 0.0371. The molecular weight excluding hydrogens is 188 g/mol. The fourth-order valence-corrected chi connectivity index (χ4v) is 1.23. The maximum atomic E-state index is 11.2. The number of nitrogens with one attached hydrogen (secondary N) is 1. The minimum atomic E-state index is -0.740. The van der Waals surface area contributed by atoms with Crippen LogP contribution in [0.2, 0.25) is 0 Å². The van der Waals surface area contributed by atoms with E-state index >= 15 is 0 Å². The molecule has 1 heterocycles. The second-order valence-electron chi connectivity index (χ2n) is 2.99. The summed E-state index contributed by atoms with van der Waals surface area (Å²) in [5, 5.41) is 2.28. The van der Waals surface area contributed by atoms with E-state index in [9.17, 15) is 14.4 Å². The fourth-order valence-electron chi connectivity index (χ4n) is 1.23. The van der Waals surface area contributed by atoms with E-state index < -0.39 is 18.0 Å². The summed E-state index contributed by atoms with van der Waals surface area (Å²) in [5.74, 6) is -0.713. The van der Waals surface area contributed by atoms with Gasteiger partial charge in [0.05, 0.1) is 12.5 Å². The quantitative estimate of drug-likeness (QED) is 0.445. The van der Waals surface area contributed by atoms with E-state index in [-0.39, 0.29) is 25.4 Å². The van der Waals surface area contributed by atoms with Crippen molar-refractivity contribution >= 4 is 17.8 Å². The average Bonchev–Trinajstić information content (AvgIpc) is 2.31. The van der Waals surface area contributed by atoms with Crippen LogP contribution in [0.4, 0.5) is 4.79 Å². The summed E-state index contributed by atoms with van der Waals surface area (Å²) >= 11 is 0. The molecular formula is C7H12N4O3. The van der Waals surface area contributed by atoms with Gasteiger partial charge in [-0.2, -0.15) is 0 Å². The van der Waals surface area contributed by atoms with Gasteiger partial charge in [-0.05, 0) is 0 Å². The van der Waals surface area contributed by atoms with Gasteiger partial charge < -0.3 is 16.8 Å². The van der Waals surface area contributed by atoms with Gasteiger partial charge in [-0.15, -0.1) is 0 Å². The van der Waals surface area contributed by atoms with E-state index in [1.165, 1.54) is 0 Å². The van der Waals surface area contributed by atoms with E-state index in [4.69, 9.17) is 11.5 Å². The molecule has 0 saturated carbocycles. The molecule has 1 aliphatic rings. The summed E-state index contributed by atoms with van der Waals surface area (Å²) in [5.41, 5.74) is 10.2. The number of urea groups is 1. The molecule has 0 aromatic heterocycles. The molecule has 1 unspecified atom stereocenters. The van der Waals surface area contributed by atoms with E-state index in [1.807, 2.05) is 0 Å². The number of carbonyl (C=O) groups excluding carboxylic acids is 3. The lowest BCUT2D eigenvalue weighted by Crippen LogP contribution is -2.41. The number of imide groups is 1. The van der Waals surface area contributed by atoms with Gasteiger partial charge in [-0.25, -0.2) is 4.79 Å². The van der Waals surface area contributed by atoms with Gasteiger partial charge in [0.15, 0.2) is 0 Å². The summed E-state index contributed by atoms with van der Waals surface area (Å²) in [7, 11) is 0. The van der Waals surface area contributed by atoms with Crippen molar-refractivity contribution in [3.63, 3.8) is 0 Å². The number of hydrogen-bond donors (Lipinski definition) is 3. The van der Waals surface area contributed by atoms with Gasteiger partial charge in [-0.1, -0.05) is 0 Å². The smallest absolute Gasteiger partial charge is 0.312 e. The predicted octanol–water partition coefficient (Wildman–Crippen LogP) is -2.26. The molecule has 0 bridgehead atoms. The Kier molecular flexibility index (Phi) is 3.03. The number of primary amides is 1. The standard InChI is InChI=1S/C7H12N4O3/c8-4-3-5(12)11(6(4)13)2-1-10-7(9)14/h4H,1-3,8H2,(H3,9,10,14). The lowest BCUT2D eigenvalue weighted by molar-refractivity contribution is -0.138. The Hall–Kier alpha value is -1.63. The van der Waals surface area contributed by atoms with Gasteiger partial charge in [0.2, 0.25) is 11.8 Å². The third kappa shape index (κ3) is 2.19. The van der Waals surface area contributed by atoms with Gasteiger partial charge in [0, 0.05) is 13.1 Å². The summed E-state index contributed by atoms with van der Waals surface area (Å²) in [6, 6.07) is -1.43. The number of rotatable bonds is 3. The van der Waals surface area contributed by atoms with Gasteiger partial charge in [-0.3, -0.25) is 14.5 Å². The van der Waals surface area contributed by atoms with E-state index in [1.54, 1.807) is 0 Å². The van der Waals surface area contributed by atoms with Crippen molar-refractivity contribution in [2.45, 2.75) is 12.5 Å². The number of hydrogen-bond acceptors (Lipinski definition) is 4. The van der Waals surface area contributed by atoms with Crippen LogP contribution in [-0.4, -0.2) is 41.9 Å². The zero-order valence-corrected chi connectivity index (χ0v) is 7.53. The third-order valence-electron chi connectivity index (χ3n) is 1.91. The van der Waals surface area contributed by atoms with Crippen molar-refractivity contribution in [2.75, 3.05) is 13.1 Å². The van der Waals surface area contributed by atoms with Gasteiger partial charge >= 0.3 is 6.03 Å². The normalized spacial score (nSPS) is 21.5. The van der Waals surface area contributed by atoms with Crippen LogP contribution in [-0.2, 0) is 9.59 Å². The maximum absolute atomic E-state index is 11.2. The molecule has 4 amide bonds. The Balaban J connectivity index is 2.41. The van der Waals surface area contributed by atoms with E-state index in [0.29, 0.717) is 0 Å². The number of nitrogens with two attached hydrogens (primary N) is 2. The second kappa shape index (κ2) is 4.05. The molecule has 1 atom stereocenters. The third-order valence-corrected chi connectivity index (χ3v) is 1.91. The van der Waals surface area contributed by atoms with E-state index in [2.05, 4.69) is 5.32 Å². The fraction of sp³-hybridized carbons (Fsp3) is 0.571. The largest absolute Gasteiger partial charge is 0.352 e. The molecule has 0 spiro atoms. The topological polar surface area (TPSA) is 119 Å². The molecule has 5 N–H and O–H groups in total. The van der Waals surface area contributed by atoms with Crippen molar-refractivity contribution in [1.82, 2.24) is 10.2 Å². The number of amides is 4. The van der Waals surface area contributed by atoms with Crippen LogP contribution >= 0.6 is 0 Å². The zero-order chi connectivity index (χ0) is 10.7.